The Morgan fingerprint density at radius 1 is 1.47 bits per heavy atom. The molecule has 0 aliphatic heterocycles. The van der Waals surface area contributed by atoms with E-state index in [9.17, 15) is 14.7 Å². The van der Waals surface area contributed by atoms with E-state index in [1.165, 1.54) is 23.2 Å². The zero-order valence-electron chi connectivity index (χ0n) is 11.9. The van der Waals surface area contributed by atoms with E-state index in [0.717, 1.165) is 5.01 Å². The minimum Gasteiger partial charge on any atom is -0.479 e. The van der Waals surface area contributed by atoms with Crippen molar-refractivity contribution in [2.24, 2.45) is 0 Å². The molecule has 19 heavy (non-hydrogen) atoms. The summed E-state index contributed by atoms with van der Waals surface area (Å²) in [4.78, 5) is 28.7. The van der Waals surface area contributed by atoms with Crippen molar-refractivity contribution < 1.29 is 14.7 Å². The smallest absolute Gasteiger partial charge is 0.332 e. The Kier molecular flexibility index (Phi) is 4.68. The second-order valence-electron chi connectivity index (χ2n) is 5.37. The summed E-state index contributed by atoms with van der Waals surface area (Å²) in [6.45, 7) is 9.54. The van der Waals surface area contributed by atoms with Gasteiger partial charge in [-0.2, -0.15) is 0 Å². The largest absolute Gasteiger partial charge is 0.479 e. The summed E-state index contributed by atoms with van der Waals surface area (Å²) in [5.74, 6) is -1.32. The van der Waals surface area contributed by atoms with E-state index >= 15 is 0 Å². The standard InChI is InChI=1S/C13H20N2O3S/c1-6-15(8(2)16)10(11(17)18)9-7-19-12(14-9)13(3,4)5/h7,10H,6H2,1-5H3,(H,17,18). The third kappa shape index (κ3) is 3.53. The van der Waals surface area contributed by atoms with Crippen LogP contribution >= 0.6 is 11.3 Å². The van der Waals surface area contributed by atoms with Crippen LogP contribution in [-0.2, 0) is 15.0 Å². The summed E-state index contributed by atoms with van der Waals surface area (Å²) >= 11 is 1.43. The topological polar surface area (TPSA) is 70.5 Å². The van der Waals surface area contributed by atoms with Gasteiger partial charge in [0, 0.05) is 24.3 Å². The lowest BCUT2D eigenvalue weighted by molar-refractivity contribution is -0.149. The average molecular weight is 284 g/mol. The molecule has 1 N–H and O–H groups in total. The molecule has 0 aromatic carbocycles. The van der Waals surface area contributed by atoms with Gasteiger partial charge in [0.25, 0.3) is 0 Å². The molecule has 0 spiro atoms. The lowest BCUT2D eigenvalue weighted by Crippen LogP contribution is -2.37. The molecule has 1 unspecified atom stereocenters. The van der Waals surface area contributed by atoms with Gasteiger partial charge in [-0.05, 0) is 6.92 Å². The molecule has 0 fully saturated rings. The van der Waals surface area contributed by atoms with E-state index in [0.29, 0.717) is 12.2 Å². The van der Waals surface area contributed by atoms with Gasteiger partial charge in [0.1, 0.15) is 0 Å². The summed E-state index contributed by atoms with van der Waals surface area (Å²) in [6.07, 6.45) is 0. The molecule has 106 valence electrons. The molecule has 1 rings (SSSR count). The second-order valence-corrected chi connectivity index (χ2v) is 6.23. The molecule has 0 saturated carbocycles. The number of carboxylic acid groups (broad SMARTS) is 1. The van der Waals surface area contributed by atoms with Crippen molar-refractivity contribution >= 4 is 23.2 Å². The molecule has 0 aliphatic carbocycles. The quantitative estimate of drug-likeness (QED) is 0.922. The number of likely N-dealkylation sites (N-methyl/N-ethyl adjacent to an activating group) is 1. The highest BCUT2D eigenvalue weighted by Gasteiger charge is 2.31. The van der Waals surface area contributed by atoms with Crippen molar-refractivity contribution in [1.82, 2.24) is 9.88 Å². The normalized spacial score (nSPS) is 13.1. The first-order valence-electron chi connectivity index (χ1n) is 6.14. The number of carboxylic acids is 1. The maximum absolute atomic E-state index is 11.5. The first-order valence-corrected chi connectivity index (χ1v) is 7.02. The first-order chi connectivity index (χ1) is 8.68. The molecule has 0 bridgehead atoms. The summed E-state index contributed by atoms with van der Waals surface area (Å²) in [6, 6.07) is -1.00. The number of carbonyl (C=O) groups is 2. The highest BCUT2D eigenvalue weighted by molar-refractivity contribution is 7.09. The van der Waals surface area contributed by atoms with Gasteiger partial charge in [-0.3, -0.25) is 4.79 Å². The average Bonchev–Trinajstić information content (AvgIpc) is 2.72. The third-order valence-corrected chi connectivity index (χ3v) is 4.02. The number of nitrogens with zero attached hydrogens (tertiary/aromatic N) is 2. The van der Waals surface area contributed by atoms with Gasteiger partial charge in [-0.1, -0.05) is 20.8 Å². The van der Waals surface area contributed by atoms with Gasteiger partial charge in [-0.25, -0.2) is 9.78 Å². The van der Waals surface area contributed by atoms with Crippen molar-refractivity contribution in [2.75, 3.05) is 6.54 Å². The second kappa shape index (κ2) is 5.69. The summed E-state index contributed by atoms with van der Waals surface area (Å²) in [5.41, 5.74) is 0.304. The Morgan fingerprint density at radius 3 is 2.37 bits per heavy atom. The van der Waals surface area contributed by atoms with Crippen LogP contribution in [0.2, 0.25) is 0 Å². The maximum atomic E-state index is 11.5. The molecule has 5 nitrogen and oxygen atoms in total. The van der Waals surface area contributed by atoms with E-state index in [4.69, 9.17) is 0 Å². The fourth-order valence-electron chi connectivity index (χ4n) is 1.76. The predicted octanol–water partition coefficient (Wildman–Crippen LogP) is 2.43. The lowest BCUT2D eigenvalue weighted by atomic mass is 9.98. The van der Waals surface area contributed by atoms with Gasteiger partial charge in [-0.15, -0.1) is 11.3 Å². The van der Waals surface area contributed by atoms with Crippen LogP contribution in [0.5, 0.6) is 0 Å². The van der Waals surface area contributed by atoms with E-state index in [2.05, 4.69) is 4.98 Å². The van der Waals surface area contributed by atoms with Crippen molar-refractivity contribution in [3.8, 4) is 0 Å². The number of amides is 1. The minimum absolute atomic E-state index is 0.126. The summed E-state index contributed by atoms with van der Waals surface area (Å²) < 4.78 is 0. The van der Waals surface area contributed by atoms with Gasteiger partial charge in [0.05, 0.1) is 10.7 Å². The fourth-order valence-corrected chi connectivity index (χ4v) is 2.69. The van der Waals surface area contributed by atoms with Gasteiger partial charge >= 0.3 is 5.97 Å². The van der Waals surface area contributed by atoms with Crippen LogP contribution < -0.4 is 0 Å². The first kappa shape index (κ1) is 15.6. The van der Waals surface area contributed by atoms with Gasteiger partial charge in [0.2, 0.25) is 5.91 Å². The molecule has 6 heteroatoms. The van der Waals surface area contributed by atoms with E-state index in [-0.39, 0.29) is 11.3 Å². The number of hydrogen-bond acceptors (Lipinski definition) is 4. The maximum Gasteiger partial charge on any atom is 0.332 e. The Balaban J connectivity index is 3.17. The monoisotopic (exact) mass is 284 g/mol. The Bertz CT molecular complexity index is 476. The number of rotatable bonds is 4. The van der Waals surface area contributed by atoms with Crippen LogP contribution in [0.15, 0.2) is 5.38 Å². The number of thiazole rings is 1. The van der Waals surface area contributed by atoms with E-state index in [1.54, 1.807) is 12.3 Å². The Morgan fingerprint density at radius 2 is 2.05 bits per heavy atom. The zero-order valence-corrected chi connectivity index (χ0v) is 12.7. The number of hydrogen-bond donors (Lipinski definition) is 1. The van der Waals surface area contributed by atoms with Crippen molar-refractivity contribution in [2.45, 2.75) is 46.1 Å². The highest BCUT2D eigenvalue weighted by Crippen LogP contribution is 2.29. The highest BCUT2D eigenvalue weighted by atomic mass is 32.1. The summed E-state index contributed by atoms with van der Waals surface area (Å²) in [7, 11) is 0. The molecule has 1 amide bonds. The van der Waals surface area contributed by atoms with Crippen LogP contribution in [0.4, 0.5) is 0 Å². The van der Waals surface area contributed by atoms with Crippen LogP contribution in [-0.4, -0.2) is 33.4 Å². The van der Waals surface area contributed by atoms with Crippen LogP contribution in [0.3, 0.4) is 0 Å². The van der Waals surface area contributed by atoms with Crippen LogP contribution in [0, 0.1) is 0 Å². The Labute approximate surface area is 117 Å². The van der Waals surface area contributed by atoms with E-state index < -0.39 is 12.0 Å². The van der Waals surface area contributed by atoms with Crippen molar-refractivity contribution in [3.05, 3.63) is 16.1 Å². The Hall–Kier alpha value is -1.43. The molecule has 0 saturated heterocycles. The number of aromatic nitrogens is 1. The summed E-state index contributed by atoms with van der Waals surface area (Å²) in [5, 5.41) is 12.0. The molecular formula is C13H20N2O3S. The van der Waals surface area contributed by atoms with Gasteiger partial charge in [0.15, 0.2) is 6.04 Å². The third-order valence-electron chi connectivity index (χ3n) is 2.73. The molecule has 0 aliphatic rings. The minimum atomic E-state index is -1.05. The lowest BCUT2D eigenvalue weighted by Gasteiger charge is -2.25. The molecule has 1 aromatic rings. The molecule has 0 radical (unpaired) electrons. The number of carbonyl (C=O) groups excluding carboxylic acids is 1. The van der Waals surface area contributed by atoms with E-state index in [1.807, 2.05) is 20.8 Å². The van der Waals surface area contributed by atoms with Gasteiger partial charge < -0.3 is 10.0 Å². The zero-order chi connectivity index (χ0) is 14.8. The van der Waals surface area contributed by atoms with Crippen LogP contribution in [0.25, 0.3) is 0 Å². The number of aliphatic carboxylic acids is 1. The SMILES string of the molecule is CCN(C(C)=O)C(C(=O)O)c1csc(C(C)(C)C)n1. The fraction of sp³-hybridized carbons (Fsp3) is 0.615. The van der Waals surface area contributed by atoms with Crippen LogP contribution in [0.1, 0.15) is 51.4 Å². The molecule has 1 heterocycles. The van der Waals surface area contributed by atoms with Crippen molar-refractivity contribution in [3.63, 3.8) is 0 Å². The predicted molar refractivity (Wildman–Crippen MR) is 74.3 cm³/mol. The molecule has 1 atom stereocenters. The van der Waals surface area contributed by atoms with Crippen molar-refractivity contribution in [1.29, 1.82) is 0 Å². The molecular weight excluding hydrogens is 264 g/mol. The molecule has 1 aromatic heterocycles.